The lowest BCUT2D eigenvalue weighted by atomic mass is 10.1. The number of nitrogens with two attached hydrogens (primary N) is 1. The van der Waals surface area contributed by atoms with Crippen molar-refractivity contribution in [1.82, 2.24) is 19.9 Å². The number of carbonyl (C=O) groups excluding carboxylic acids is 2. The molecule has 0 saturated heterocycles. The normalized spacial score (nSPS) is 12.0. The highest BCUT2D eigenvalue weighted by molar-refractivity contribution is 5.94. The molecule has 2 heterocycles. The van der Waals surface area contributed by atoms with Gasteiger partial charge in [0.15, 0.2) is 0 Å². The summed E-state index contributed by atoms with van der Waals surface area (Å²) in [4.78, 5) is 32.8. The predicted molar refractivity (Wildman–Crippen MR) is 116 cm³/mol. The lowest BCUT2D eigenvalue weighted by Crippen LogP contribution is -2.31. The molecule has 156 valence electrons. The van der Waals surface area contributed by atoms with Crippen molar-refractivity contribution < 1.29 is 9.59 Å². The van der Waals surface area contributed by atoms with Crippen molar-refractivity contribution in [3.8, 4) is 11.3 Å². The first-order chi connectivity index (χ1) is 14.3. The molecule has 0 radical (unpaired) electrons. The van der Waals surface area contributed by atoms with Gasteiger partial charge in [0.1, 0.15) is 11.9 Å². The Morgan fingerprint density at radius 1 is 1.10 bits per heavy atom. The molecule has 0 unspecified atom stereocenters. The van der Waals surface area contributed by atoms with Crippen LogP contribution < -0.4 is 11.1 Å². The van der Waals surface area contributed by atoms with Crippen LogP contribution in [0.15, 0.2) is 48.8 Å². The highest BCUT2D eigenvalue weighted by Gasteiger charge is 2.19. The number of amides is 2. The van der Waals surface area contributed by atoms with Crippen LogP contribution in [0.4, 0.5) is 0 Å². The fraction of sp³-hybridized carbons (Fsp3) is 0.304. The Hall–Kier alpha value is -3.48. The van der Waals surface area contributed by atoms with Gasteiger partial charge in [0, 0.05) is 30.4 Å². The van der Waals surface area contributed by atoms with Crippen LogP contribution in [0, 0.1) is 6.92 Å². The van der Waals surface area contributed by atoms with Crippen molar-refractivity contribution in [2.45, 2.75) is 46.2 Å². The van der Waals surface area contributed by atoms with Gasteiger partial charge in [-0.15, -0.1) is 0 Å². The molecule has 3 rings (SSSR count). The molecular formula is C23H27N5O2. The number of rotatable bonds is 7. The number of nitrogens with one attached hydrogen (secondary N) is 1. The molecule has 0 fully saturated rings. The summed E-state index contributed by atoms with van der Waals surface area (Å²) < 4.78 is 1.91. The van der Waals surface area contributed by atoms with E-state index in [1.54, 1.807) is 25.3 Å². The lowest BCUT2D eigenvalue weighted by molar-refractivity contribution is -0.124. The van der Waals surface area contributed by atoms with E-state index >= 15 is 0 Å². The zero-order valence-electron chi connectivity index (χ0n) is 17.7. The Bertz CT molecular complexity index is 1050. The molecule has 7 heteroatoms. The number of primary amides is 1. The second kappa shape index (κ2) is 8.90. The summed E-state index contributed by atoms with van der Waals surface area (Å²) >= 11 is 0. The molecule has 0 aliphatic heterocycles. The third-order valence-corrected chi connectivity index (χ3v) is 5.08. The maximum Gasteiger partial charge on any atom is 0.250 e. The van der Waals surface area contributed by atoms with Crippen LogP contribution in [-0.4, -0.2) is 26.3 Å². The Labute approximate surface area is 176 Å². The van der Waals surface area contributed by atoms with Gasteiger partial charge in [0.05, 0.1) is 17.0 Å². The number of aromatic nitrogens is 3. The zero-order chi connectivity index (χ0) is 21.8. The topological polar surface area (TPSA) is 103 Å². The molecule has 3 aromatic rings. The van der Waals surface area contributed by atoms with Gasteiger partial charge in [-0.3, -0.25) is 14.6 Å². The van der Waals surface area contributed by atoms with Crippen LogP contribution in [0.3, 0.4) is 0 Å². The van der Waals surface area contributed by atoms with Crippen molar-refractivity contribution in [2.24, 2.45) is 5.73 Å². The van der Waals surface area contributed by atoms with Crippen LogP contribution in [0.5, 0.6) is 0 Å². The van der Waals surface area contributed by atoms with Crippen molar-refractivity contribution in [1.29, 1.82) is 0 Å². The molecule has 7 nitrogen and oxygen atoms in total. The molecule has 0 aliphatic rings. The predicted octanol–water partition coefficient (Wildman–Crippen LogP) is 3.35. The van der Waals surface area contributed by atoms with E-state index in [-0.39, 0.29) is 17.9 Å². The van der Waals surface area contributed by atoms with Crippen LogP contribution in [-0.2, 0) is 11.3 Å². The first-order valence-electron chi connectivity index (χ1n) is 9.95. The van der Waals surface area contributed by atoms with E-state index < -0.39 is 5.91 Å². The SMILES string of the molecule is Cc1nc(-c2ccc(CNC(=O)[C@H](C)n3ccnc3C(C)C)cc2)ccc1C(N)=O. The van der Waals surface area contributed by atoms with Gasteiger partial charge in [-0.2, -0.15) is 0 Å². The Morgan fingerprint density at radius 3 is 2.40 bits per heavy atom. The molecule has 0 saturated carbocycles. The number of carbonyl (C=O) groups is 2. The summed E-state index contributed by atoms with van der Waals surface area (Å²) in [5, 5.41) is 2.99. The lowest BCUT2D eigenvalue weighted by Gasteiger charge is -2.18. The number of hydrogen-bond acceptors (Lipinski definition) is 4. The molecule has 30 heavy (non-hydrogen) atoms. The number of imidazole rings is 1. The van der Waals surface area contributed by atoms with Crippen LogP contribution in [0.1, 0.15) is 60.2 Å². The smallest absolute Gasteiger partial charge is 0.250 e. The Balaban J connectivity index is 1.65. The summed E-state index contributed by atoms with van der Waals surface area (Å²) in [6.45, 7) is 8.18. The van der Waals surface area contributed by atoms with E-state index in [0.717, 1.165) is 22.6 Å². The number of aryl methyl sites for hydroxylation is 1. The molecule has 2 aromatic heterocycles. The van der Waals surface area contributed by atoms with Crippen molar-refractivity contribution in [3.63, 3.8) is 0 Å². The minimum atomic E-state index is -0.483. The molecule has 0 bridgehead atoms. The largest absolute Gasteiger partial charge is 0.366 e. The minimum absolute atomic E-state index is 0.0571. The van der Waals surface area contributed by atoms with E-state index in [2.05, 4.69) is 29.1 Å². The van der Waals surface area contributed by atoms with Gasteiger partial charge in [-0.05, 0) is 31.5 Å². The molecule has 0 aliphatic carbocycles. The first kappa shape index (κ1) is 21.2. The molecule has 3 N–H and O–H groups in total. The summed E-state index contributed by atoms with van der Waals surface area (Å²) in [5.74, 6) is 0.602. The second-order valence-electron chi connectivity index (χ2n) is 7.63. The maximum absolute atomic E-state index is 12.6. The second-order valence-corrected chi connectivity index (χ2v) is 7.63. The van der Waals surface area contributed by atoms with Gasteiger partial charge in [0.2, 0.25) is 5.91 Å². The highest BCUT2D eigenvalue weighted by Crippen LogP contribution is 2.20. The summed E-state index contributed by atoms with van der Waals surface area (Å²) in [6, 6.07) is 10.9. The van der Waals surface area contributed by atoms with Crippen molar-refractivity contribution in [2.75, 3.05) is 0 Å². The number of hydrogen-bond donors (Lipinski definition) is 2. The third-order valence-electron chi connectivity index (χ3n) is 5.08. The van der Waals surface area contributed by atoms with E-state index in [9.17, 15) is 9.59 Å². The zero-order valence-corrected chi connectivity index (χ0v) is 17.7. The summed E-state index contributed by atoms with van der Waals surface area (Å²) in [6.07, 6.45) is 3.57. The van der Waals surface area contributed by atoms with Crippen LogP contribution >= 0.6 is 0 Å². The number of nitrogens with zero attached hydrogens (tertiary/aromatic N) is 3. The Morgan fingerprint density at radius 2 is 1.80 bits per heavy atom. The molecular weight excluding hydrogens is 378 g/mol. The number of pyridine rings is 1. The monoisotopic (exact) mass is 405 g/mol. The Kier molecular flexibility index (Phi) is 6.30. The standard InChI is InChI=1S/C23H27N5O2/c1-14(2)22-25-11-12-28(22)16(4)23(30)26-13-17-5-7-18(8-6-17)20-10-9-19(21(24)29)15(3)27-20/h5-12,14,16H,13H2,1-4H3,(H2,24,29)(H,26,30)/t16-/m0/s1. The van der Waals surface area contributed by atoms with E-state index in [0.29, 0.717) is 17.8 Å². The quantitative estimate of drug-likeness (QED) is 0.629. The van der Waals surface area contributed by atoms with Crippen molar-refractivity contribution in [3.05, 3.63) is 71.4 Å². The molecule has 1 atom stereocenters. The van der Waals surface area contributed by atoms with Crippen molar-refractivity contribution >= 4 is 11.8 Å². The van der Waals surface area contributed by atoms with Crippen LogP contribution in [0.2, 0.25) is 0 Å². The maximum atomic E-state index is 12.6. The molecule has 0 spiro atoms. The number of benzene rings is 1. The van der Waals surface area contributed by atoms with E-state index in [1.165, 1.54) is 0 Å². The van der Waals surface area contributed by atoms with Gasteiger partial charge in [-0.25, -0.2) is 4.98 Å². The summed E-state index contributed by atoms with van der Waals surface area (Å²) in [5.41, 5.74) is 9.04. The fourth-order valence-corrected chi connectivity index (χ4v) is 3.34. The third kappa shape index (κ3) is 4.56. The summed E-state index contributed by atoms with van der Waals surface area (Å²) in [7, 11) is 0. The van der Waals surface area contributed by atoms with Gasteiger partial charge in [-0.1, -0.05) is 38.1 Å². The average Bonchev–Trinajstić information content (AvgIpc) is 3.21. The first-order valence-corrected chi connectivity index (χ1v) is 9.95. The van der Waals surface area contributed by atoms with Gasteiger partial charge >= 0.3 is 0 Å². The minimum Gasteiger partial charge on any atom is -0.366 e. The fourth-order valence-electron chi connectivity index (χ4n) is 3.34. The van der Waals surface area contributed by atoms with Gasteiger partial charge < -0.3 is 15.6 Å². The van der Waals surface area contributed by atoms with E-state index in [4.69, 9.17) is 5.73 Å². The van der Waals surface area contributed by atoms with E-state index in [1.807, 2.05) is 42.0 Å². The van der Waals surface area contributed by atoms with Crippen LogP contribution in [0.25, 0.3) is 11.3 Å². The highest BCUT2D eigenvalue weighted by atomic mass is 16.2. The molecule has 2 amide bonds. The average molecular weight is 406 g/mol. The van der Waals surface area contributed by atoms with Gasteiger partial charge in [0.25, 0.3) is 5.91 Å². The molecule has 1 aromatic carbocycles.